The molecule has 1 aromatic carbocycles. The SMILES string of the molecule is O=C(Nc1cccc(-c2cscn2)c1)NC1COC2(CCCC2)C1. The van der Waals surface area contributed by atoms with Crippen LogP contribution >= 0.6 is 11.3 Å². The van der Waals surface area contributed by atoms with Crippen LogP contribution in [0.2, 0.25) is 0 Å². The van der Waals surface area contributed by atoms with Gasteiger partial charge in [0.05, 0.1) is 29.5 Å². The van der Waals surface area contributed by atoms with Gasteiger partial charge in [-0.15, -0.1) is 11.3 Å². The molecule has 5 nitrogen and oxygen atoms in total. The van der Waals surface area contributed by atoms with Crippen molar-refractivity contribution in [3.05, 3.63) is 35.2 Å². The minimum Gasteiger partial charge on any atom is -0.373 e. The van der Waals surface area contributed by atoms with E-state index < -0.39 is 0 Å². The second-order valence-corrected chi connectivity index (χ2v) is 7.37. The monoisotopic (exact) mass is 343 g/mol. The van der Waals surface area contributed by atoms with E-state index >= 15 is 0 Å². The van der Waals surface area contributed by atoms with Crippen molar-refractivity contribution in [3.63, 3.8) is 0 Å². The van der Waals surface area contributed by atoms with Gasteiger partial charge in [-0.25, -0.2) is 9.78 Å². The summed E-state index contributed by atoms with van der Waals surface area (Å²) in [6, 6.07) is 7.68. The maximum atomic E-state index is 12.3. The number of hydrogen-bond acceptors (Lipinski definition) is 4. The van der Waals surface area contributed by atoms with E-state index in [9.17, 15) is 4.79 Å². The number of amides is 2. The van der Waals surface area contributed by atoms with Crippen LogP contribution in [0.25, 0.3) is 11.3 Å². The molecule has 126 valence electrons. The molecule has 2 aliphatic rings. The zero-order valence-corrected chi connectivity index (χ0v) is 14.3. The molecule has 1 aromatic heterocycles. The van der Waals surface area contributed by atoms with Gasteiger partial charge in [-0.1, -0.05) is 25.0 Å². The summed E-state index contributed by atoms with van der Waals surface area (Å²) in [5, 5.41) is 7.96. The number of nitrogens with one attached hydrogen (secondary N) is 2. The van der Waals surface area contributed by atoms with Gasteiger partial charge in [0.15, 0.2) is 0 Å². The topological polar surface area (TPSA) is 63.2 Å². The number of benzene rings is 1. The summed E-state index contributed by atoms with van der Waals surface area (Å²) in [5.74, 6) is 0. The van der Waals surface area contributed by atoms with Crippen LogP contribution < -0.4 is 10.6 Å². The number of urea groups is 1. The van der Waals surface area contributed by atoms with Crippen LogP contribution in [0.1, 0.15) is 32.1 Å². The number of rotatable bonds is 3. The standard InChI is InChI=1S/C18H21N3O2S/c22-17(21-15-9-18(23-10-15)6-1-2-7-18)20-14-5-3-4-13(8-14)16-11-24-12-19-16/h3-5,8,11-12,15H,1-2,6-7,9-10H2,(H2,20,21,22). The van der Waals surface area contributed by atoms with E-state index in [1.54, 1.807) is 16.8 Å². The molecular weight excluding hydrogens is 322 g/mol. The van der Waals surface area contributed by atoms with Crippen molar-refractivity contribution < 1.29 is 9.53 Å². The lowest BCUT2D eigenvalue weighted by Gasteiger charge is -2.21. The third kappa shape index (κ3) is 3.30. The lowest BCUT2D eigenvalue weighted by atomic mass is 9.96. The predicted octanol–water partition coefficient (Wildman–Crippen LogP) is 4.03. The number of aromatic nitrogens is 1. The summed E-state index contributed by atoms with van der Waals surface area (Å²) >= 11 is 1.56. The normalized spacial score (nSPS) is 21.9. The number of ether oxygens (including phenoxy) is 1. The van der Waals surface area contributed by atoms with Gasteiger partial charge in [0.1, 0.15) is 0 Å². The molecule has 2 heterocycles. The fourth-order valence-corrected chi connectivity index (χ4v) is 4.33. The van der Waals surface area contributed by atoms with E-state index in [0.717, 1.165) is 36.2 Å². The van der Waals surface area contributed by atoms with Crippen LogP contribution in [0.3, 0.4) is 0 Å². The molecule has 2 N–H and O–H groups in total. The van der Waals surface area contributed by atoms with Crippen LogP contribution in [0.15, 0.2) is 35.2 Å². The highest BCUT2D eigenvalue weighted by atomic mass is 32.1. The van der Waals surface area contributed by atoms with E-state index in [1.807, 2.05) is 29.6 Å². The van der Waals surface area contributed by atoms with Crippen LogP contribution in [0.4, 0.5) is 10.5 Å². The van der Waals surface area contributed by atoms with Crippen LogP contribution in [0.5, 0.6) is 0 Å². The molecule has 1 aliphatic carbocycles. The van der Waals surface area contributed by atoms with E-state index in [1.165, 1.54) is 12.8 Å². The fourth-order valence-electron chi connectivity index (χ4n) is 3.77. The zero-order valence-electron chi connectivity index (χ0n) is 13.5. The third-order valence-corrected chi connectivity index (χ3v) is 5.49. The first kappa shape index (κ1) is 15.6. The minimum atomic E-state index is -0.172. The smallest absolute Gasteiger partial charge is 0.319 e. The van der Waals surface area contributed by atoms with Crippen molar-refractivity contribution in [1.82, 2.24) is 10.3 Å². The Hall–Kier alpha value is -1.92. The largest absolute Gasteiger partial charge is 0.373 e. The lowest BCUT2D eigenvalue weighted by molar-refractivity contribution is 0.00998. The first-order valence-electron chi connectivity index (χ1n) is 8.43. The molecular formula is C18H21N3O2S. The number of carbonyl (C=O) groups is 1. The molecule has 2 fully saturated rings. The van der Waals surface area contributed by atoms with Gasteiger partial charge < -0.3 is 15.4 Å². The van der Waals surface area contributed by atoms with Crippen LogP contribution in [-0.4, -0.2) is 29.3 Å². The second kappa shape index (κ2) is 6.53. The Morgan fingerprint density at radius 3 is 3.00 bits per heavy atom. The van der Waals surface area contributed by atoms with Crippen molar-refractivity contribution in [2.75, 3.05) is 11.9 Å². The Kier molecular flexibility index (Phi) is 4.24. The molecule has 0 bridgehead atoms. The summed E-state index contributed by atoms with van der Waals surface area (Å²) < 4.78 is 5.98. The number of anilines is 1. The molecule has 2 amide bonds. The Bertz CT molecular complexity index is 711. The Balaban J connectivity index is 1.36. The second-order valence-electron chi connectivity index (χ2n) is 6.66. The Morgan fingerprint density at radius 2 is 2.21 bits per heavy atom. The summed E-state index contributed by atoms with van der Waals surface area (Å²) in [6.07, 6.45) is 5.66. The number of nitrogens with zero attached hydrogens (tertiary/aromatic N) is 1. The highest BCUT2D eigenvalue weighted by molar-refractivity contribution is 7.07. The van der Waals surface area contributed by atoms with Gasteiger partial charge in [-0.05, 0) is 31.4 Å². The van der Waals surface area contributed by atoms with Gasteiger partial charge >= 0.3 is 6.03 Å². The van der Waals surface area contributed by atoms with Gasteiger partial charge in [0, 0.05) is 16.6 Å². The number of thiazole rings is 1. The molecule has 6 heteroatoms. The van der Waals surface area contributed by atoms with Crippen molar-refractivity contribution in [2.24, 2.45) is 0 Å². The Labute approximate surface area is 145 Å². The fraction of sp³-hybridized carbons (Fsp3) is 0.444. The van der Waals surface area contributed by atoms with Crippen molar-refractivity contribution in [1.29, 1.82) is 0 Å². The summed E-state index contributed by atoms with van der Waals surface area (Å²) in [6.45, 7) is 0.617. The molecule has 24 heavy (non-hydrogen) atoms. The highest BCUT2D eigenvalue weighted by Crippen LogP contribution is 2.40. The number of carbonyl (C=O) groups excluding carboxylic acids is 1. The zero-order chi connectivity index (χ0) is 16.4. The minimum absolute atomic E-state index is 0.0302. The van der Waals surface area contributed by atoms with Crippen LogP contribution in [0, 0.1) is 0 Å². The van der Waals surface area contributed by atoms with Gasteiger partial charge in [0.2, 0.25) is 0 Å². The average Bonchev–Trinajstić information content (AvgIpc) is 3.32. The van der Waals surface area contributed by atoms with E-state index in [2.05, 4.69) is 15.6 Å². The molecule has 1 saturated heterocycles. The van der Waals surface area contributed by atoms with E-state index in [4.69, 9.17) is 4.74 Å². The molecule has 1 spiro atoms. The molecule has 1 saturated carbocycles. The van der Waals surface area contributed by atoms with Gasteiger partial charge in [0.25, 0.3) is 0 Å². The highest BCUT2D eigenvalue weighted by Gasteiger charge is 2.42. The lowest BCUT2D eigenvalue weighted by Crippen LogP contribution is -2.39. The van der Waals surface area contributed by atoms with Crippen molar-refractivity contribution in [3.8, 4) is 11.3 Å². The first-order chi connectivity index (χ1) is 11.7. The van der Waals surface area contributed by atoms with Gasteiger partial charge in [-0.2, -0.15) is 0 Å². The van der Waals surface area contributed by atoms with E-state index in [-0.39, 0.29) is 17.7 Å². The van der Waals surface area contributed by atoms with Crippen molar-refractivity contribution in [2.45, 2.75) is 43.7 Å². The molecule has 1 unspecified atom stereocenters. The molecule has 1 atom stereocenters. The molecule has 1 aliphatic heterocycles. The van der Waals surface area contributed by atoms with Crippen LogP contribution in [-0.2, 0) is 4.74 Å². The summed E-state index contributed by atoms with van der Waals surface area (Å²) in [4.78, 5) is 16.6. The number of hydrogen-bond donors (Lipinski definition) is 2. The third-order valence-electron chi connectivity index (χ3n) is 4.91. The molecule has 4 rings (SSSR count). The average molecular weight is 343 g/mol. The van der Waals surface area contributed by atoms with Gasteiger partial charge in [-0.3, -0.25) is 0 Å². The molecule has 0 radical (unpaired) electrons. The predicted molar refractivity (Wildman–Crippen MR) is 95.3 cm³/mol. The summed E-state index contributed by atoms with van der Waals surface area (Å²) in [5.41, 5.74) is 4.54. The molecule has 2 aromatic rings. The quantitative estimate of drug-likeness (QED) is 0.884. The van der Waals surface area contributed by atoms with Crippen molar-refractivity contribution >= 4 is 23.1 Å². The maximum absolute atomic E-state index is 12.3. The maximum Gasteiger partial charge on any atom is 0.319 e. The Morgan fingerprint density at radius 1 is 1.33 bits per heavy atom. The summed E-state index contributed by atoms with van der Waals surface area (Å²) in [7, 11) is 0. The van der Waals surface area contributed by atoms with E-state index in [0.29, 0.717) is 6.61 Å². The first-order valence-corrected chi connectivity index (χ1v) is 9.37.